The van der Waals surface area contributed by atoms with E-state index in [-0.39, 0.29) is 22.6 Å². The molecule has 154 valence electrons. The van der Waals surface area contributed by atoms with Crippen LogP contribution in [0.5, 0.6) is 0 Å². The molecule has 2 atom stereocenters. The first kappa shape index (κ1) is 21.4. The van der Waals surface area contributed by atoms with Gasteiger partial charge in [0.15, 0.2) is 0 Å². The van der Waals surface area contributed by atoms with Crippen molar-refractivity contribution in [1.82, 2.24) is 10.4 Å². The number of amides is 2. The minimum atomic E-state index is -0.591. The number of benzene rings is 2. The van der Waals surface area contributed by atoms with Gasteiger partial charge in [-0.25, -0.2) is 5.48 Å². The fourth-order valence-corrected chi connectivity index (χ4v) is 4.73. The van der Waals surface area contributed by atoms with Gasteiger partial charge in [0.25, 0.3) is 11.8 Å². The zero-order valence-corrected chi connectivity index (χ0v) is 18.2. The second kappa shape index (κ2) is 9.01. The standard InChI is InChI=1S/C23H28N2O3S/c1-5-28-24-20(26)19-15-29-22(17-11-13-18(14-12-17)23(2,3)4)25(19)21(27)16-9-7-6-8-10-16/h6-14,19,22H,5,15H2,1-4H3,(H,24,26). The van der Waals surface area contributed by atoms with Crippen molar-refractivity contribution in [2.45, 2.75) is 44.5 Å². The molecular weight excluding hydrogens is 384 g/mol. The topological polar surface area (TPSA) is 58.6 Å². The van der Waals surface area contributed by atoms with Gasteiger partial charge in [0, 0.05) is 11.3 Å². The minimum absolute atomic E-state index is 0.0564. The Hall–Kier alpha value is -2.31. The van der Waals surface area contributed by atoms with Crippen molar-refractivity contribution in [3.63, 3.8) is 0 Å². The van der Waals surface area contributed by atoms with E-state index in [2.05, 4.69) is 50.5 Å². The van der Waals surface area contributed by atoms with Gasteiger partial charge in [0.05, 0.1) is 6.61 Å². The van der Waals surface area contributed by atoms with E-state index in [9.17, 15) is 9.59 Å². The molecule has 1 saturated heterocycles. The predicted octanol–water partition coefficient (Wildman–Crippen LogP) is 4.31. The third-order valence-corrected chi connectivity index (χ3v) is 6.26. The van der Waals surface area contributed by atoms with Gasteiger partial charge < -0.3 is 4.90 Å². The van der Waals surface area contributed by atoms with Gasteiger partial charge in [-0.1, -0.05) is 63.2 Å². The molecule has 0 spiro atoms. The largest absolute Gasteiger partial charge is 0.310 e. The van der Waals surface area contributed by atoms with Crippen molar-refractivity contribution < 1.29 is 14.4 Å². The smallest absolute Gasteiger partial charge is 0.267 e. The van der Waals surface area contributed by atoms with Gasteiger partial charge in [-0.15, -0.1) is 11.8 Å². The van der Waals surface area contributed by atoms with Crippen LogP contribution >= 0.6 is 11.8 Å². The van der Waals surface area contributed by atoms with Crippen molar-refractivity contribution >= 4 is 23.6 Å². The first-order chi connectivity index (χ1) is 13.8. The van der Waals surface area contributed by atoms with Crippen LogP contribution in [0.1, 0.15) is 54.6 Å². The van der Waals surface area contributed by atoms with Crippen LogP contribution in [0.2, 0.25) is 0 Å². The number of nitrogens with zero attached hydrogens (tertiary/aromatic N) is 1. The summed E-state index contributed by atoms with van der Waals surface area (Å²) in [6.45, 7) is 8.69. The number of carbonyl (C=O) groups is 2. The lowest BCUT2D eigenvalue weighted by Crippen LogP contribution is -2.48. The minimum Gasteiger partial charge on any atom is -0.310 e. The molecule has 0 radical (unpaired) electrons. The maximum Gasteiger partial charge on any atom is 0.267 e. The highest BCUT2D eigenvalue weighted by atomic mass is 32.2. The summed E-state index contributed by atoms with van der Waals surface area (Å²) in [7, 11) is 0. The fraction of sp³-hybridized carbons (Fsp3) is 0.391. The van der Waals surface area contributed by atoms with E-state index < -0.39 is 6.04 Å². The van der Waals surface area contributed by atoms with Crippen LogP contribution < -0.4 is 5.48 Å². The average molecular weight is 413 g/mol. The molecule has 3 rings (SSSR count). The molecule has 0 saturated carbocycles. The van der Waals surface area contributed by atoms with Gasteiger partial charge in [-0.05, 0) is 35.6 Å². The molecule has 6 heteroatoms. The van der Waals surface area contributed by atoms with Crippen molar-refractivity contribution in [3.05, 3.63) is 71.3 Å². The molecule has 0 aliphatic carbocycles. The number of nitrogens with one attached hydrogen (secondary N) is 1. The molecule has 5 nitrogen and oxygen atoms in total. The number of rotatable bonds is 5. The van der Waals surface area contributed by atoms with E-state index in [0.29, 0.717) is 17.9 Å². The molecule has 1 aliphatic rings. The lowest BCUT2D eigenvalue weighted by atomic mass is 9.86. The highest BCUT2D eigenvalue weighted by Gasteiger charge is 2.42. The summed E-state index contributed by atoms with van der Waals surface area (Å²) in [6, 6.07) is 16.8. The Labute approximate surface area is 176 Å². The molecule has 2 amide bonds. The number of hydrogen-bond donors (Lipinski definition) is 1. The lowest BCUT2D eigenvalue weighted by molar-refractivity contribution is -0.137. The molecule has 1 aliphatic heterocycles. The second-order valence-corrected chi connectivity index (χ2v) is 9.16. The molecular formula is C23H28N2O3S. The fourth-order valence-electron chi connectivity index (χ4n) is 3.30. The molecule has 29 heavy (non-hydrogen) atoms. The highest BCUT2D eigenvalue weighted by molar-refractivity contribution is 7.99. The van der Waals surface area contributed by atoms with Gasteiger partial charge >= 0.3 is 0 Å². The first-order valence-corrected chi connectivity index (χ1v) is 10.9. The van der Waals surface area contributed by atoms with E-state index >= 15 is 0 Å². The monoisotopic (exact) mass is 412 g/mol. The van der Waals surface area contributed by atoms with E-state index in [4.69, 9.17) is 4.84 Å². The summed E-state index contributed by atoms with van der Waals surface area (Å²) in [4.78, 5) is 32.8. The highest BCUT2D eigenvalue weighted by Crippen LogP contribution is 2.42. The Kier molecular flexibility index (Phi) is 6.65. The van der Waals surface area contributed by atoms with E-state index in [1.54, 1.807) is 35.7 Å². The number of carbonyl (C=O) groups excluding carboxylic acids is 2. The Morgan fingerprint density at radius 1 is 1.10 bits per heavy atom. The van der Waals surface area contributed by atoms with Crippen molar-refractivity contribution in [3.8, 4) is 0 Å². The van der Waals surface area contributed by atoms with Crippen LogP contribution in [0.25, 0.3) is 0 Å². The second-order valence-electron chi connectivity index (χ2n) is 8.05. The van der Waals surface area contributed by atoms with Crippen LogP contribution in [0.4, 0.5) is 0 Å². The predicted molar refractivity (Wildman–Crippen MR) is 117 cm³/mol. The zero-order valence-electron chi connectivity index (χ0n) is 17.3. The Bertz CT molecular complexity index is 847. The van der Waals surface area contributed by atoms with E-state index in [1.165, 1.54) is 5.56 Å². The van der Waals surface area contributed by atoms with Gasteiger partial charge in [0.2, 0.25) is 0 Å². The molecule has 1 heterocycles. The van der Waals surface area contributed by atoms with Crippen LogP contribution in [0.3, 0.4) is 0 Å². The van der Waals surface area contributed by atoms with Crippen molar-refractivity contribution in [2.24, 2.45) is 0 Å². The molecule has 2 aromatic carbocycles. The quantitative estimate of drug-likeness (QED) is 0.744. The van der Waals surface area contributed by atoms with Crippen molar-refractivity contribution in [2.75, 3.05) is 12.4 Å². The summed E-state index contributed by atoms with van der Waals surface area (Å²) >= 11 is 1.60. The lowest BCUT2D eigenvalue weighted by Gasteiger charge is -2.29. The number of hydroxylamine groups is 1. The van der Waals surface area contributed by atoms with Crippen LogP contribution in [0.15, 0.2) is 54.6 Å². The summed E-state index contributed by atoms with van der Waals surface area (Å²) in [5, 5.41) is -0.228. The van der Waals surface area contributed by atoms with E-state index in [1.807, 2.05) is 18.2 Å². The van der Waals surface area contributed by atoms with E-state index in [0.717, 1.165) is 5.56 Å². The van der Waals surface area contributed by atoms with Gasteiger partial charge in [-0.2, -0.15) is 0 Å². The molecule has 1 N–H and O–H groups in total. The Balaban J connectivity index is 1.92. The average Bonchev–Trinajstić information content (AvgIpc) is 3.16. The molecule has 0 aromatic heterocycles. The number of hydrogen-bond acceptors (Lipinski definition) is 4. The SMILES string of the molecule is CCONC(=O)C1CSC(c2ccc(C(C)(C)C)cc2)N1C(=O)c1ccccc1. The third kappa shape index (κ3) is 4.82. The normalized spacial score (nSPS) is 19.2. The van der Waals surface area contributed by atoms with Crippen molar-refractivity contribution in [1.29, 1.82) is 0 Å². The zero-order chi connectivity index (χ0) is 21.0. The molecule has 1 fully saturated rings. The molecule has 0 bridgehead atoms. The first-order valence-electron chi connectivity index (χ1n) is 9.84. The van der Waals surface area contributed by atoms with Crippen LogP contribution in [-0.2, 0) is 15.0 Å². The Morgan fingerprint density at radius 3 is 2.34 bits per heavy atom. The third-order valence-electron chi connectivity index (χ3n) is 4.94. The summed E-state index contributed by atoms with van der Waals surface area (Å²) in [5.41, 5.74) is 5.34. The summed E-state index contributed by atoms with van der Waals surface area (Å²) < 4.78 is 0. The summed E-state index contributed by atoms with van der Waals surface area (Å²) in [6.07, 6.45) is 0. The van der Waals surface area contributed by atoms with Gasteiger partial charge in [-0.3, -0.25) is 14.4 Å². The van der Waals surface area contributed by atoms with Crippen LogP contribution in [0, 0.1) is 0 Å². The summed E-state index contributed by atoms with van der Waals surface area (Å²) in [5.74, 6) is 0.0676. The maximum absolute atomic E-state index is 13.3. The number of thioether (sulfide) groups is 1. The molecule has 2 aromatic rings. The molecule has 2 unspecified atom stereocenters. The van der Waals surface area contributed by atoms with Gasteiger partial charge in [0.1, 0.15) is 11.4 Å². The Morgan fingerprint density at radius 2 is 1.76 bits per heavy atom. The van der Waals surface area contributed by atoms with Crippen LogP contribution in [-0.4, -0.2) is 35.1 Å². The maximum atomic E-state index is 13.3.